The third kappa shape index (κ3) is 12.4. The van der Waals surface area contributed by atoms with E-state index in [1.165, 1.54) is 51.4 Å². The third-order valence-electron chi connectivity index (χ3n) is 3.24. The Kier molecular flexibility index (Phi) is 11.9. The van der Waals surface area contributed by atoms with Crippen molar-refractivity contribution in [2.24, 2.45) is 5.73 Å². The first-order valence-corrected chi connectivity index (χ1v) is 9.35. The molecular weight excluding hydrogens is 246 g/mol. The molecule has 0 bridgehead atoms. The van der Waals surface area contributed by atoms with Crippen molar-refractivity contribution in [1.29, 1.82) is 0 Å². The van der Waals surface area contributed by atoms with Crippen molar-refractivity contribution in [1.82, 2.24) is 0 Å². The molecule has 0 aliphatic rings. The highest BCUT2D eigenvalue weighted by Crippen LogP contribution is 2.10. The van der Waals surface area contributed by atoms with E-state index in [1.54, 1.807) is 0 Å². The molecule has 0 heterocycles. The van der Waals surface area contributed by atoms with Gasteiger partial charge in [-0.2, -0.15) is 0 Å². The van der Waals surface area contributed by atoms with Gasteiger partial charge in [-0.1, -0.05) is 64.7 Å². The van der Waals surface area contributed by atoms with Crippen LogP contribution in [0.5, 0.6) is 0 Å². The van der Waals surface area contributed by atoms with E-state index >= 15 is 0 Å². The van der Waals surface area contributed by atoms with E-state index in [4.69, 9.17) is 5.73 Å². The minimum atomic E-state index is -2.86. The normalized spacial score (nSPS) is 11.9. The van der Waals surface area contributed by atoms with E-state index in [0.717, 1.165) is 12.8 Å². The van der Waals surface area contributed by atoms with Gasteiger partial charge in [-0.25, -0.2) is 8.42 Å². The quantitative estimate of drug-likeness (QED) is 0.526. The van der Waals surface area contributed by atoms with Gasteiger partial charge in [0.05, 0.1) is 11.5 Å². The van der Waals surface area contributed by atoms with Crippen LogP contribution in [0.15, 0.2) is 0 Å². The summed E-state index contributed by atoms with van der Waals surface area (Å²) in [7, 11) is -2.86. The first kappa shape index (κ1) is 17.9. The Bertz CT molecular complexity index is 263. The van der Waals surface area contributed by atoms with E-state index < -0.39 is 9.84 Å². The van der Waals surface area contributed by atoms with Gasteiger partial charge in [-0.3, -0.25) is 0 Å². The van der Waals surface area contributed by atoms with E-state index in [9.17, 15) is 8.42 Å². The van der Waals surface area contributed by atoms with Gasteiger partial charge in [-0.15, -0.1) is 0 Å². The molecule has 4 heteroatoms. The second-order valence-corrected chi connectivity index (χ2v) is 7.43. The molecule has 0 aromatic rings. The van der Waals surface area contributed by atoms with Crippen LogP contribution < -0.4 is 5.73 Å². The summed E-state index contributed by atoms with van der Waals surface area (Å²) < 4.78 is 22.8. The molecule has 0 rings (SSSR count). The van der Waals surface area contributed by atoms with Gasteiger partial charge < -0.3 is 5.73 Å². The zero-order chi connectivity index (χ0) is 13.7. The summed E-state index contributed by atoms with van der Waals surface area (Å²) in [5.41, 5.74) is 5.26. The summed E-state index contributed by atoms with van der Waals surface area (Å²) in [6.07, 6.45) is 12.3. The molecule has 0 aliphatic carbocycles. The van der Waals surface area contributed by atoms with E-state index in [0.29, 0.717) is 5.75 Å². The summed E-state index contributed by atoms with van der Waals surface area (Å²) in [4.78, 5) is 0. The number of sulfone groups is 1. The van der Waals surface area contributed by atoms with Crippen LogP contribution in [0.3, 0.4) is 0 Å². The van der Waals surface area contributed by atoms with Crippen LogP contribution in [-0.4, -0.2) is 26.5 Å². The number of nitrogens with two attached hydrogens (primary N) is 1. The summed E-state index contributed by atoms with van der Waals surface area (Å²) in [5.74, 6) is 0.463. The van der Waals surface area contributed by atoms with Gasteiger partial charge in [0.2, 0.25) is 0 Å². The van der Waals surface area contributed by atoms with Crippen molar-refractivity contribution in [3.8, 4) is 0 Å². The monoisotopic (exact) mass is 277 g/mol. The first-order valence-electron chi connectivity index (χ1n) is 7.53. The average molecular weight is 277 g/mol. The Hall–Kier alpha value is -0.0900. The third-order valence-corrected chi connectivity index (χ3v) is 5.01. The maximum atomic E-state index is 11.4. The predicted octanol–water partition coefficient (Wildman–Crippen LogP) is 3.28. The SMILES string of the molecule is CCCCCCCCCCCCS(=O)(=O)CCN. The Labute approximate surface area is 113 Å². The van der Waals surface area contributed by atoms with Crippen molar-refractivity contribution in [2.45, 2.75) is 71.1 Å². The van der Waals surface area contributed by atoms with Crippen molar-refractivity contribution in [2.75, 3.05) is 18.1 Å². The van der Waals surface area contributed by atoms with Gasteiger partial charge >= 0.3 is 0 Å². The van der Waals surface area contributed by atoms with E-state index in [-0.39, 0.29) is 12.3 Å². The largest absolute Gasteiger partial charge is 0.329 e. The molecule has 0 spiro atoms. The van der Waals surface area contributed by atoms with Crippen LogP contribution in [0.2, 0.25) is 0 Å². The fourth-order valence-electron chi connectivity index (χ4n) is 2.09. The molecule has 2 N–H and O–H groups in total. The molecule has 0 radical (unpaired) electrons. The van der Waals surface area contributed by atoms with Crippen LogP contribution in [0.1, 0.15) is 71.1 Å². The molecule has 0 atom stereocenters. The molecule has 0 saturated carbocycles. The first-order chi connectivity index (χ1) is 8.62. The molecule has 0 fully saturated rings. The molecular formula is C14H31NO2S. The summed E-state index contributed by atoms with van der Waals surface area (Å²) in [6, 6.07) is 0. The smallest absolute Gasteiger partial charge is 0.151 e. The lowest BCUT2D eigenvalue weighted by Crippen LogP contribution is -2.18. The maximum absolute atomic E-state index is 11.4. The molecule has 3 nitrogen and oxygen atoms in total. The summed E-state index contributed by atoms with van der Waals surface area (Å²) >= 11 is 0. The van der Waals surface area contributed by atoms with Crippen LogP contribution >= 0.6 is 0 Å². The molecule has 18 heavy (non-hydrogen) atoms. The highest BCUT2D eigenvalue weighted by atomic mass is 32.2. The van der Waals surface area contributed by atoms with Gasteiger partial charge in [0.15, 0.2) is 9.84 Å². The van der Waals surface area contributed by atoms with Gasteiger partial charge in [0, 0.05) is 6.54 Å². The van der Waals surface area contributed by atoms with Crippen molar-refractivity contribution < 1.29 is 8.42 Å². The standard InChI is InChI=1S/C14H31NO2S/c1-2-3-4-5-6-7-8-9-10-11-13-18(16,17)14-12-15/h2-15H2,1H3. The van der Waals surface area contributed by atoms with E-state index in [2.05, 4.69) is 6.92 Å². The zero-order valence-electron chi connectivity index (χ0n) is 12.0. The summed E-state index contributed by atoms with van der Waals surface area (Å²) in [5, 5.41) is 0. The second kappa shape index (κ2) is 12.0. The number of hydrogen-bond acceptors (Lipinski definition) is 3. The van der Waals surface area contributed by atoms with Crippen molar-refractivity contribution in [3.63, 3.8) is 0 Å². The molecule has 0 saturated heterocycles. The molecule has 0 aliphatic heterocycles. The van der Waals surface area contributed by atoms with Crippen molar-refractivity contribution >= 4 is 9.84 Å². The predicted molar refractivity (Wildman–Crippen MR) is 79.6 cm³/mol. The Morgan fingerprint density at radius 3 is 1.61 bits per heavy atom. The average Bonchev–Trinajstić information content (AvgIpc) is 2.31. The lowest BCUT2D eigenvalue weighted by molar-refractivity contribution is 0.558. The highest BCUT2D eigenvalue weighted by Gasteiger charge is 2.08. The second-order valence-electron chi connectivity index (χ2n) is 5.12. The van der Waals surface area contributed by atoms with Crippen LogP contribution in [0.4, 0.5) is 0 Å². The lowest BCUT2D eigenvalue weighted by Gasteiger charge is -2.03. The Balaban J connectivity index is 3.21. The Morgan fingerprint density at radius 1 is 0.722 bits per heavy atom. The number of unbranched alkanes of at least 4 members (excludes halogenated alkanes) is 9. The fraction of sp³-hybridized carbons (Fsp3) is 1.00. The zero-order valence-corrected chi connectivity index (χ0v) is 12.8. The molecule has 110 valence electrons. The number of rotatable bonds is 13. The fourth-order valence-corrected chi connectivity index (χ4v) is 3.30. The van der Waals surface area contributed by atoms with Gasteiger partial charge in [0.1, 0.15) is 0 Å². The van der Waals surface area contributed by atoms with Gasteiger partial charge in [0.25, 0.3) is 0 Å². The maximum Gasteiger partial charge on any atom is 0.151 e. The molecule has 0 aromatic carbocycles. The Morgan fingerprint density at radius 2 is 1.17 bits per heavy atom. The van der Waals surface area contributed by atoms with E-state index in [1.807, 2.05) is 0 Å². The highest BCUT2D eigenvalue weighted by molar-refractivity contribution is 7.91. The lowest BCUT2D eigenvalue weighted by atomic mass is 10.1. The topological polar surface area (TPSA) is 60.2 Å². The summed E-state index contributed by atoms with van der Waals surface area (Å²) in [6.45, 7) is 2.48. The van der Waals surface area contributed by atoms with Crippen LogP contribution in [0.25, 0.3) is 0 Å². The van der Waals surface area contributed by atoms with Crippen LogP contribution in [-0.2, 0) is 9.84 Å². The minimum absolute atomic E-state index is 0.143. The van der Waals surface area contributed by atoms with Gasteiger partial charge in [-0.05, 0) is 6.42 Å². The number of hydrogen-bond donors (Lipinski definition) is 1. The molecule has 0 unspecified atom stereocenters. The molecule has 0 amide bonds. The van der Waals surface area contributed by atoms with Crippen molar-refractivity contribution in [3.05, 3.63) is 0 Å². The minimum Gasteiger partial charge on any atom is -0.329 e. The molecule has 0 aromatic heterocycles. The van der Waals surface area contributed by atoms with Crippen LogP contribution in [0, 0.1) is 0 Å².